The van der Waals surface area contributed by atoms with Crippen LogP contribution >= 0.6 is 11.3 Å². The van der Waals surface area contributed by atoms with Crippen LogP contribution in [0.2, 0.25) is 0 Å². The van der Waals surface area contributed by atoms with E-state index in [0.29, 0.717) is 16.0 Å². The molecule has 8 nitrogen and oxygen atoms in total. The van der Waals surface area contributed by atoms with E-state index in [1.165, 1.54) is 11.3 Å². The molecule has 0 aliphatic carbocycles. The maximum atomic E-state index is 8.96. The van der Waals surface area contributed by atoms with Crippen molar-refractivity contribution in [1.29, 1.82) is 5.26 Å². The quantitative estimate of drug-likeness (QED) is 0.666. The number of nitrogens with zero attached hydrogens (tertiary/aromatic N) is 7. The lowest BCUT2D eigenvalue weighted by Crippen LogP contribution is -2.24. The Labute approximate surface area is 173 Å². The van der Waals surface area contributed by atoms with Gasteiger partial charge in [-0.05, 0) is 31.5 Å². The zero-order valence-electron chi connectivity index (χ0n) is 16.4. The molecule has 0 aromatic carbocycles. The molecule has 1 fully saturated rings. The van der Waals surface area contributed by atoms with Crippen LogP contribution in [0.4, 0.5) is 16.9 Å². The second-order valence-corrected chi connectivity index (χ2v) is 8.16. The fourth-order valence-electron chi connectivity index (χ4n) is 3.45. The third-order valence-corrected chi connectivity index (χ3v) is 5.62. The number of thiazole rings is 1. The van der Waals surface area contributed by atoms with Crippen LogP contribution in [0.25, 0.3) is 0 Å². The van der Waals surface area contributed by atoms with Crippen LogP contribution in [0, 0.1) is 11.3 Å². The van der Waals surface area contributed by atoms with Crippen molar-refractivity contribution in [3.63, 3.8) is 0 Å². The van der Waals surface area contributed by atoms with E-state index < -0.39 is 0 Å². The number of pyridine rings is 1. The second-order valence-electron chi connectivity index (χ2n) is 7.13. The van der Waals surface area contributed by atoms with Gasteiger partial charge in [0.15, 0.2) is 5.13 Å². The molecule has 148 valence electrons. The largest absolute Gasteiger partial charge is 0.347 e. The Morgan fingerprint density at radius 2 is 2.07 bits per heavy atom. The van der Waals surface area contributed by atoms with E-state index in [1.807, 2.05) is 43.5 Å². The second kappa shape index (κ2) is 8.51. The Bertz CT molecular complexity index is 1010. The van der Waals surface area contributed by atoms with Crippen molar-refractivity contribution in [2.24, 2.45) is 0 Å². The molecule has 4 heterocycles. The minimum absolute atomic E-state index is 0.260. The number of hydrogen-bond acceptors (Lipinski definition) is 9. The van der Waals surface area contributed by atoms with Gasteiger partial charge >= 0.3 is 0 Å². The number of rotatable bonds is 6. The SMILES string of the molecule is CN(C)c1ncc(CN2CCCC2c2cccc(Nc3ncc(C#N)s3)n2)cn1. The van der Waals surface area contributed by atoms with Crippen LogP contribution in [0.5, 0.6) is 0 Å². The average Bonchev–Trinajstić information content (AvgIpc) is 3.38. The normalized spacial score (nSPS) is 16.5. The number of anilines is 3. The fourth-order valence-corrected chi connectivity index (χ4v) is 4.07. The lowest BCUT2D eigenvalue weighted by molar-refractivity contribution is 0.244. The Balaban J connectivity index is 1.47. The van der Waals surface area contributed by atoms with Crippen LogP contribution in [-0.2, 0) is 6.54 Å². The van der Waals surface area contributed by atoms with Gasteiger partial charge < -0.3 is 10.2 Å². The third-order valence-electron chi connectivity index (χ3n) is 4.80. The van der Waals surface area contributed by atoms with Crippen LogP contribution in [0.15, 0.2) is 36.8 Å². The summed E-state index contributed by atoms with van der Waals surface area (Å²) in [5, 5.41) is 12.8. The molecule has 1 N–H and O–H groups in total. The van der Waals surface area contributed by atoms with Crippen molar-refractivity contribution in [3.05, 3.63) is 52.9 Å². The molecular formula is C20H22N8S. The molecule has 9 heteroatoms. The number of likely N-dealkylation sites (tertiary alicyclic amines) is 1. The number of nitrogens with one attached hydrogen (secondary N) is 1. The summed E-state index contributed by atoms with van der Waals surface area (Å²) in [6.07, 6.45) is 7.58. The smallest absolute Gasteiger partial charge is 0.224 e. The standard InChI is InChI=1S/C20H22N8S/c1-27(2)19-22-10-14(11-23-19)13-28-8-4-6-17(28)16-5-3-7-18(25-16)26-20-24-12-15(9-21)29-20/h3,5,7,10-12,17H,4,6,8,13H2,1-2H3,(H,24,25,26). The lowest BCUT2D eigenvalue weighted by atomic mass is 10.1. The summed E-state index contributed by atoms with van der Waals surface area (Å²) in [6, 6.07) is 8.37. The maximum absolute atomic E-state index is 8.96. The molecule has 0 amide bonds. The molecule has 3 aromatic heterocycles. The average molecular weight is 407 g/mol. The predicted molar refractivity (Wildman–Crippen MR) is 113 cm³/mol. The number of nitriles is 1. The molecule has 0 spiro atoms. The maximum Gasteiger partial charge on any atom is 0.224 e. The molecule has 0 radical (unpaired) electrons. The summed E-state index contributed by atoms with van der Waals surface area (Å²) in [4.78, 5) is 22.8. The summed E-state index contributed by atoms with van der Waals surface area (Å²) >= 11 is 1.32. The van der Waals surface area contributed by atoms with E-state index in [9.17, 15) is 0 Å². The third kappa shape index (κ3) is 4.50. The molecule has 29 heavy (non-hydrogen) atoms. The van der Waals surface area contributed by atoms with E-state index in [2.05, 4.69) is 37.3 Å². The summed E-state index contributed by atoms with van der Waals surface area (Å²) < 4.78 is 0. The predicted octanol–water partition coefficient (Wildman–Crippen LogP) is 3.35. The molecule has 1 aliphatic rings. The molecule has 0 bridgehead atoms. The van der Waals surface area contributed by atoms with Gasteiger partial charge in [0.2, 0.25) is 5.95 Å². The van der Waals surface area contributed by atoms with Crippen molar-refractivity contribution < 1.29 is 0 Å². The molecule has 1 aliphatic heterocycles. The molecule has 4 rings (SSSR count). The number of aromatic nitrogens is 4. The van der Waals surface area contributed by atoms with Gasteiger partial charge in [0.05, 0.1) is 17.9 Å². The molecule has 0 saturated carbocycles. The van der Waals surface area contributed by atoms with Gasteiger partial charge in [-0.25, -0.2) is 19.9 Å². The Kier molecular flexibility index (Phi) is 5.64. The highest BCUT2D eigenvalue weighted by molar-refractivity contribution is 7.16. The highest BCUT2D eigenvalue weighted by Crippen LogP contribution is 2.33. The summed E-state index contributed by atoms with van der Waals surface area (Å²) in [7, 11) is 3.87. The van der Waals surface area contributed by atoms with Crippen LogP contribution < -0.4 is 10.2 Å². The topological polar surface area (TPSA) is 93.9 Å². The van der Waals surface area contributed by atoms with Gasteiger partial charge in [-0.15, -0.1) is 0 Å². The van der Waals surface area contributed by atoms with Crippen LogP contribution in [0.1, 0.15) is 35.0 Å². The monoisotopic (exact) mass is 406 g/mol. The van der Waals surface area contributed by atoms with Crippen LogP contribution in [0.3, 0.4) is 0 Å². The van der Waals surface area contributed by atoms with Gasteiger partial charge in [0.1, 0.15) is 16.8 Å². The molecular weight excluding hydrogens is 384 g/mol. The molecule has 1 unspecified atom stereocenters. The minimum atomic E-state index is 0.260. The van der Waals surface area contributed by atoms with Gasteiger partial charge in [0.25, 0.3) is 0 Å². The van der Waals surface area contributed by atoms with Gasteiger partial charge in [-0.2, -0.15) is 5.26 Å². The molecule has 1 atom stereocenters. The van der Waals surface area contributed by atoms with Gasteiger partial charge in [-0.3, -0.25) is 4.90 Å². The van der Waals surface area contributed by atoms with E-state index in [1.54, 1.807) is 6.20 Å². The van der Waals surface area contributed by atoms with Crippen molar-refractivity contribution in [2.75, 3.05) is 30.9 Å². The van der Waals surface area contributed by atoms with Gasteiger partial charge in [0, 0.05) is 38.6 Å². The van der Waals surface area contributed by atoms with E-state index in [-0.39, 0.29) is 6.04 Å². The first-order valence-corrected chi connectivity index (χ1v) is 10.3. The highest BCUT2D eigenvalue weighted by Gasteiger charge is 2.27. The van der Waals surface area contributed by atoms with Gasteiger partial charge in [-0.1, -0.05) is 17.4 Å². The first kappa shape index (κ1) is 19.2. The van der Waals surface area contributed by atoms with E-state index in [0.717, 1.165) is 43.0 Å². The zero-order valence-corrected chi connectivity index (χ0v) is 17.2. The van der Waals surface area contributed by atoms with Crippen molar-refractivity contribution in [2.45, 2.75) is 25.4 Å². The van der Waals surface area contributed by atoms with Crippen LogP contribution in [-0.4, -0.2) is 45.5 Å². The molecule has 3 aromatic rings. The zero-order chi connectivity index (χ0) is 20.2. The van der Waals surface area contributed by atoms with Crippen molar-refractivity contribution in [1.82, 2.24) is 24.8 Å². The number of hydrogen-bond donors (Lipinski definition) is 1. The first-order valence-electron chi connectivity index (χ1n) is 9.44. The Hall–Kier alpha value is -3.09. The summed E-state index contributed by atoms with van der Waals surface area (Å²) in [6.45, 7) is 1.83. The Morgan fingerprint density at radius 3 is 2.79 bits per heavy atom. The van der Waals surface area contributed by atoms with E-state index >= 15 is 0 Å². The van der Waals surface area contributed by atoms with Crippen molar-refractivity contribution in [3.8, 4) is 6.07 Å². The molecule has 1 saturated heterocycles. The Morgan fingerprint density at radius 1 is 1.24 bits per heavy atom. The van der Waals surface area contributed by atoms with Crippen molar-refractivity contribution >= 4 is 28.2 Å². The first-order chi connectivity index (χ1) is 14.1. The summed E-state index contributed by atoms with van der Waals surface area (Å²) in [5.41, 5.74) is 2.14. The van der Waals surface area contributed by atoms with E-state index in [4.69, 9.17) is 10.2 Å². The fraction of sp³-hybridized carbons (Fsp3) is 0.350. The minimum Gasteiger partial charge on any atom is -0.347 e. The highest BCUT2D eigenvalue weighted by atomic mass is 32.1. The lowest BCUT2D eigenvalue weighted by Gasteiger charge is -2.24. The summed E-state index contributed by atoms with van der Waals surface area (Å²) in [5.74, 6) is 1.46.